The number of imide groups is 1. The summed E-state index contributed by atoms with van der Waals surface area (Å²) in [5, 5.41) is 2.87. The first-order valence-corrected chi connectivity index (χ1v) is 9.53. The molecule has 6 heteroatoms. The van der Waals surface area contributed by atoms with Crippen LogP contribution in [0.25, 0.3) is 0 Å². The van der Waals surface area contributed by atoms with Crippen LogP contribution in [0.4, 0.5) is 10.5 Å². The van der Waals surface area contributed by atoms with Gasteiger partial charge in [-0.25, -0.2) is 4.79 Å². The smallest absolute Gasteiger partial charge is 0.319 e. The fraction of sp³-hybridized carbons (Fsp3) is 0.318. The van der Waals surface area contributed by atoms with Crippen LogP contribution >= 0.6 is 0 Å². The number of carbonyl (C=O) groups is 3. The van der Waals surface area contributed by atoms with Gasteiger partial charge in [0.2, 0.25) is 5.91 Å². The van der Waals surface area contributed by atoms with Gasteiger partial charge in [-0.05, 0) is 49.9 Å². The number of anilines is 1. The summed E-state index contributed by atoms with van der Waals surface area (Å²) >= 11 is 0. The van der Waals surface area contributed by atoms with E-state index in [0.717, 1.165) is 28.1 Å². The minimum absolute atomic E-state index is 0.100. The van der Waals surface area contributed by atoms with Gasteiger partial charge in [0.1, 0.15) is 12.1 Å². The van der Waals surface area contributed by atoms with E-state index >= 15 is 0 Å². The summed E-state index contributed by atoms with van der Waals surface area (Å²) in [5.74, 6) is -0.624. The van der Waals surface area contributed by atoms with E-state index in [1.165, 1.54) is 0 Å². The number of fused-ring (bicyclic) bond motifs is 2. The zero-order chi connectivity index (χ0) is 19.9. The highest BCUT2D eigenvalue weighted by molar-refractivity contribution is 6.11. The van der Waals surface area contributed by atoms with Crippen LogP contribution in [0.2, 0.25) is 0 Å². The molecule has 4 amide bonds. The molecule has 2 aromatic carbocycles. The molecule has 2 aliphatic rings. The zero-order valence-corrected chi connectivity index (χ0v) is 16.0. The lowest BCUT2D eigenvalue weighted by Gasteiger charge is -2.28. The van der Waals surface area contributed by atoms with Crippen molar-refractivity contribution in [3.05, 3.63) is 65.7 Å². The first kappa shape index (κ1) is 18.2. The molecule has 144 valence electrons. The monoisotopic (exact) mass is 377 g/mol. The Labute approximate surface area is 164 Å². The lowest BCUT2D eigenvalue weighted by Crippen LogP contribution is -2.47. The molecule has 4 rings (SSSR count). The second kappa shape index (κ2) is 6.78. The Kier molecular flexibility index (Phi) is 4.41. The lowest BCUT2D eigenvalue weighted by molar-refractivity contribution is -0.134. The van der Waals surface area contributed by atoms with Crippen molar-refractivity contribution in [2.75, 3.05) is 11.4 Å². The third-order valence-electron chi connectivity index (χ3n) is 5.54. The van der Waals surface area contributed by atoms with Crippen molar-refractivity contribution < 1.29 is 14.4 Å². The van der Waals surface area contributed by atoms with Gasteiger partial charge in [-0.15, -0.1) is 0 Å². The Balaban J connectivity index is 1.60. The molecule has 28 heavy (non-hydrogen) atoms. The average Bonchev–Trinajstić information content (AvgIpc) is 3.16. The van der Waals surface area contributed by atoms with Crippen molar-refractivity contribution in [3.8, 4) is 0 Å². The zero-order valence-electron chi connectivity index (χ0n) is 16.0. The van der Waals surface area contributed by atoms with Crippen LogP contribution in [0.5, 0.6) is 0 Å². The molecule has 1 heterocycles. The molecule has 0 aromatic heterocycles. The number of rotatable bonds is 4. The van der Waals surface area contributed by atoms with E-state index in [2.05, 4.69) is 5.32 Å². The molecule has 6 nitrogen and oxygen atoms in total. The van der Waals surface area contributed by atoms with Gasteiger partial charge in [-0.1, -0.05) is 42.5 Å². The first-order chi connectivity index (χ1) is 13.4. The van der Waals surface area contributed by atoms with Gasteiger partial charge in [0, 0.05) is 11.7 Å². The molecule has 0 bridgehead atoms. The Hall–Kier alpha value is -3.15. The van der Waals surface area contributed by atoms with Gasteiger partial charge in [-0.3, -0.25) is 14.5 Å². The molecule has 1 saturated heterocycles. The Morgan fingerprint density at radius 2 is 1.79 bits per heavy atom. The standard InChI is InChI=1S/C22H23N3O3/c1-15(2)25(17-9-4-3-5-10-17)19(26)14-24-20(27)22(23-21(24)28)13-12-16-8-6-7-11-18(16)22/h3-11,15H,12-14H2,1-2H3,(H,23,28)/t22-/m1/s1. The highest BCUT2D eigenvalue weighted by Gasteiger charge is 2.55. The van der Waals surface area contributed by atoms with Crippen molar-refractivity contribution in [1.29, 1.82) is 0 Å². The summed E-state index contributed by atoms with van der Waals surface area (Å²) in [4.78, 5) is 41.6. The number of nitrogens with zero attached hydrogens (tertiary/aromatic N) is 2. The van der Waals surface area contributed by atoms with Crippen LogP contribution in [0.3, 0.4) is 0 Å². The summed E-state index contributed by atoms with van der Waals surface area (Å²) in [7, 11) is 0. The Morgan fingerprint density at radius 1 is 1.11 bits per heavy atom. The van der Waals surface area contributed by atoms with E-state index < -0.39 is 11.6 Å². The molecule has 1 aliphatic heterocycles. The number of benzene rings is 2. The third kappa shape index (κ3) is 2.76. The number of aryl methyl sites for hydroxylation is 1. The normalized spacial score (nSPS) is 20.6. The quantitative estimate of drug-likeness (QED) is 0.833. The van der Waals surface area contributed by atoms with Gasteiger partial charge in [0.15, 0.2) is 0 Å². The van der Waals surface area contributed by atoms with Crippen molar-refractivity contribution in [3.63, 3.8) is 0 Å². The van der Waals surface area contributed by atoms with Crippen LogP contribution in [0, 0.1) is 0 Å². The van der Waals surface area contributed by atoms with Crippen LogP contribution in [-0.2, 0) is 21.5 Å². The molecule has 1 atom stereocenters. The minimum atomic E-state index is -1.04. The van der Waals surface area contributed by atoms with Gasteiger partial charge >= 0.3 is 6.03 Å². The van der Waals surface area contributed by atoms with Crippen LogP contribution < -0.4 is 10.2 Å². The van der Waals surface area contributed by atoms with E-state index in [1.54, 1.807) is 4.90 Å². The molecule has 1 aliphatic carbocycles. The summed E-state index contributed by atoms with van der Waals surface area (Å²) < 4.78 is 0. The van der Waals surface area contributed by atoms with E-state index in [9.17, 15) is 14.4 Å². The fourth-order valence-electron chi connectivity index (χ4n) is 4.26. The highest BCUT2D eigenvalue weighted by atomic mass is 16.2. The number of nitrogens with one attached hydrogen (secondary N) is 1. The van der Waals surface area contributed by atoms with E-state index in [1.807, 2.05) is 68.4 Å². The van der Waals surface area contributed by atoms with Gasteiger partial charge in [0.05, 0.1) is 0 Å². The maximum absolute atomic E-state index is 13.2. The topological polar surface area (TPSA) is 69.7 Å². The third-order valence-corrected chi connectivity index (χ3v) is 5.54. The fourth-order valence-corrected chi connectivity index (χ4v) is 4.26. The summed E-state index contributed by atoms with van der Waals surface area (Å²) in [6.07, 6.45) is 1.25. The SMILES string of the molecule is CC(C)N(C(=O)CN1C(=O)N[C@@]2(CCc3ccccc32)C1=O)c1ccccc1. The van der Waals surface area contributed by atoms with Crippen LogP contribution in [0.1, 0.15) is 31.4 Å². The number of urea groups is 1. The van der Waals surface area contributed by atoms with Crippen LogP contribution in [0.15, 0.2) is 54.6 Å². The summed E-state index contributed by atoms with van der Waals surface area (Å²) in [5.41, 5.74) is 1.61. The molecule has 1 fully saturated rings. The maximum Gasteiger partial charge on any atom is 0.325 e. The van der Waals surface area contributed by atoms with Crippen molar-refractivity contribution in [2.24, 2.45) is 0 Å². The molecule has 2 aromatic rings. The molecule has 0 saturated carbocycles. The van der Waals surface area contributed by atoms with Gasteiger partial charge in [0.25, 0.3) is 5.91 Å². The predicted octanol–water partition coefficient (Wildman–Crippen LogP) is 2.82. The highest BCUT2D eigenvalue weighted by Crippen LogP contribution is 2.41. The molecule has 1 N–H and O–H groups in total. The van der Waals surface area contributed by atoms with Gasteiger partial charge < -0.3 is 10.2 Å². The average molecular weight is 377 g/mol. The van der Waals surface area contributed by atoms with E-state index in [-0.39, 0.29) is 24.4 Å². The van der Waals surface area contributed by atoms with E-state index in [4.69, 9.17) is 0 Å². The van der Waals surface area contributed by atoms with Crippen molar-refractivity contribution >= 4 is 23.5 Å². The summed E-state index contributed by atoms with van der Waals surface area (Å²) in [6, 6.07) is 16.3. The molecular formula is C22H23N3O3. The minimum Gasteiger partial charge on any atom is -0.319 e. The van der Waals surface area contributed by atoms with Gasteiger partial charge in [-0.2, -0.15) is 0 Å². The maximum atomic E-state index is 13.2. The predicted molar refractivity (Wildman–Crippen MR) is 106 cm³/mol. The second-order valence-electron chi connectivity index (χ2n) is 7.58. The lowest BCUT2D eigenvalue weighted by atomic mass is 9.92. The number of carbonyl (C=O) groups excluding carboxylic acids is 3. The molecular weight excluding hydrogens is 354 g/mol. The largest absolute Gasteiger partial charge is 0.325 e. The number of hydrogen-bond acceptors (Lipinski definition) is 3. The number of para-hydroxylation sites is 1. The first-order valence-electron chi connectivity index (χ1n) is 9.53. The van der Waals surface area contributed by atoms with E-state index in [0.29, 0.717) is 6.42 Å². The van der Waals surface area contributed by atoms with Crippen molar-refractivity contribution in [2.45, 2.75) is 38.3 Å². The molecule has 0 unspecified atom stereocenters. The number of hydrogen-bond donors (Lipinski definition) is 1. The van der Waals surface area contributed by atoms with Crippen molar-refractivity contribution in [1.82, 2.24) is 10.2 Å². The molecule has 1 spiro atoms. The number of amides is 4. The Morgan fingerprint density at radius 3 is 2.50 bits per heavy atom. The Bertz CT molecular complexity index is 941. The second-order valence-corrected chi connectivity index (χ2v) is 7.58. The summed E-state index contributed by atoms with van der Waals surface area (Å²) in [6.45, 7) is 3.54. The van der Waals surface area contributed by atoms with Crippen LogP contribution in [-0.4, -0.2) is 35.3 Å². The molecule has 0 radical (unpaired) electrons.